The standard InChI is InChI=1S/C16H23N3OS/c1-18-8-5-12(6-9-18)7-10-19-15-4-3-13(20-2)11-14(15)17-16(19)21/h3-4,11-12H,5-10H2,1-2H3,(H,17,21). The lowest BCUT2D eigenvalue weighted by molar-refractivity contribution is 0.208. The molecule has 1 fully saturated rings. The quantitative estimate of drug-likeness (QED) is 0.879. The van der Waals surface area contributed by atoms with Gasteiger partial charge < -0.3 is 19.2 Å². The SMILES string of the molecule is COc1ccc2c(c1)[nH]c(=S)n2CCC1CCN(C)CC1. The maximum absolute atomic E-state index is 5.48. The Morgan fingerprint density at radius 3 is 2.81 bits per heavy atom. The van der Waals surface area contributed by atoms with Gasteiger partial charge in [-0.1, -0.05) is 0 Å². The van der Waals surface area contributed by atoms with Crippen LogP contribution in [0.25, 0.3) is 11.0 Å². The van der Waals surface area contributed by atoms with Crippen LogP contribution in [0.4, 0.5) is 0 Å². The van der Waals surface area contributed by atoms with Crippen molar-refractivity contribution in [2.75, 3.05) is 27.2 Å². The molecule has 1 aromatic carbocycles. The van der Waals surface area contributed by atoms with Crippen LogP contribution in [0.3, 0.4) is 0 Å². The number of likely N-dealkylation sites (tertiary alicyclic amines) is 1. The first-order valence-electron chi connectivity index (χ1n) is 7.62. The lowest BCUT2D eigenvalue weighted by Gasteiger charge is -2.28. The van der Waals surface area contributed by atoms with Gasteiger partial charge in [0.05, 0.1) is 18.1 Å². The number of benzene rings is 1. The van der Waals surface area contributed by atoms with E-state index in [0.29, 0.717) is 0 Å². The highest BCUT2D eigenvalue weighted by Crippen LogP contribution is 2.24. The van der Waals surface area contributed by atoms with Gasteiger partial charge in [-0.05, 0) is 69.7 Å². The number of methoxy groups -OCH3 is 1. The molecule has 0 radical (unpaired) electrons. The smallest absolute Gasteiger partial charge is 0.178 e. The summed E-state index contributed by atoms with van der Waals surface area (Å²) >= 11 is 5.48. The van der Waals surface area contributed by atoms with Gasteiger partial charge in [0.1, 0.15) is 5.75 Å². The maximum atomic E-state index is 5.48. The van der Waals surface area contributed by atoms with E-state index in [0.717, 1.165) is 28.5 Å². The van der Waals surface area contributed by atoms with Crippen molar-refractivity contribution in [3.8, 4) is 5.75 Å². The second-order valence-electron chi connectivity index (χ2n) is 6.00. The number of hydrogen-bond acceptors (Lipinski definition) is 3. The highest BCUT2D eigenvalue weighted by Gasteiger charge is 2.17. The number of ether oxygens (including phenoxy) is 1. The summed E-state index contributed by atoms with van der Waals surface area (Å²) in [5.41, 5.74) is 2.23. The molecule has 0 spiro atoms. The van der Waals surface area contributed by atoms with Crippen LogP contribution in [0.5, 0.6) is 5.75 Å². The van der Waals surface area contributed by atoms with Gasteiger partial charge in [-0.2, -0.15) is 0 Å². The second-order valence-corrected chi connectivity index (χ2v) is 6.39. The molecule has 1 aliphatic heterocycles. The predicted octanol–water partition coefficient (Wildman–Crippen LogP) is 3.44. The number of hydrogen-bond donors (Lipinski definition) is 1. The van der Waals surface area contributed by atoms with Gasteiger partial charge >= 0.3 is 0 Å². The van der Waals surface area contributed by atoms with Crippen molar-refractivity contribution in [3.05, 3.63) is 23.0 Å². The molecule has 3 rings (SSSR count). The third kappa shape index (κ3) is 3.14. The van der Waals surface area contributed by atoms with Crippen LogP contribution in [0.2, 0.25) is 0 Å². The molecular formula is C16H23N3OS. The van der Waals surface area contributed by atoms with Crippen LogP contribution in [0.1, 0.15) is 19.3 Å². The van der Waals surface area contributed by atoms with Gasteiger partial charge in [-0.25, -0.2) is 0 Å². The highest BCUT2D eigenvalue weighted by atomic mass is 32.1. The number of aryl methyl sites for hydroxylation is 1. The molecule has 4 nitrogen and oxygen atoms in total. The van der Waals surface area contributed by atoms with E-state index in [9.17, 15) is 0 Å². The first-order chi connectivity index (χ1) is 10.2. The normalized spacial score (nSPS) is 17.4. The zero-order valence-corrected chi connectivity index (χ0v) is 13.6. The van der Waals surface area contributed by atoms with E-state index in [1.807, 2.05) is 12.1 Å². The fraction of sp³-hybridized carbons (Fsp3) is 0.562. The van der Waals surface area contributed by atoms with Crippen LogP contribution in [-0.2, 0) is 6.54 Å². The van der Waals surface area contributed by atoms with E-state index in [4.69, 9.17) is 17.0 Å². The first-order valence-corrected chi connectivity index (χ1v) is 8.03. The molecule has 1 aromatic heterocycles. The Labute approximate surface area is 130 Å². The Balaban J connectivity index is 1.74. The molecule has 1 saturated heterocycles. The van der Waals surface area contributed by atoms with Crippen LogP contribution < -0.4 is 4.74 Å². The zero-order valence-electron chi connectivity index (χ0n) is 12.8. The molecule has 114 valence electrons. The van der Waals surface area contributed by atoms with E-state index in [1.165, 1.54) is 37.9 Å². The number of H-pyrrole nitrogens is 1. The average molecular weight is 305 g/mol. The summed E-state index contributed by atoms with van der Waals surface area (Å²) in [5.74, 6) is 1.69. The number of aromatic amines is 1. The number of nitrogens with zero attached hydrogens (tertiary/aromatic N) is 2. The molecule has 2 aromatic rings. The van der Waals surface area contributed by atoms with E-state index in [1.54, 1.807) is 7.11 Å². The number of fused-ring (bicyclic) bond motifs is 1. The molecule has 0 aliphatic carbocycles. The van der Waals surface area contributed by atoms with Gasteiger partial charge in [0.25, 0.3) is 0 Å². The van der Waals surface area contributed by atoms with Crippen molar-refractivity contribution in [3.63, 3.8) is 0 Å². The minimum absolute atomic E-state index is 0.811. The lowest BCUT2D eigenvalue weighted by atomic mass is 9.94. The number of imidazole rings is 1. The molecule has 1 aliphatic rings. The first kappa shape index (κ1) is 14.6. The van der Waals surface area contributed by atoms with E-state index < -0.39 is 0 Å². The van der Waals surface area contributed by atoms with Crippen molar-refractivity contribution in [1.29, 1.82) is 0 Å². The van der Waals surface area contributed by atoms with Crippen LogP contribution in [0.15, 0.2) is 18.2 Å². The van der Waals surface area contributed by atoms with E-state index in [-0.39, 0.29) is 0 Å². The molecule has 0 atom stereocenters. The van der Waals surface area contributed by atoms with E-state index in [2.05, 4.69) is 27.6 Å². The average Bonchev–Trinajstić information content (AvgIpc) is 2.81. The monoisotopic (exact) mass is 305 g/mol. The van der Waals surface area contributed by atoms with Crippen molar-refractivity contribution in [1.82, 2.24) is 14.5 Å². The predicted molar refractivity (Wildman–Crippen MR) is 88.5 cm³/mol. The molecule has 0 amide bonds. The lowest BCUT2D eigenvalue weighted by Crippen LogP contribution is -2.30. The Morgan fingerprint density at radius 1 is 1.33 bits per heavy atom. The third-order valence-electron chi connectivity index (χ3n) is 4.58. The summed E-state index contributed by atoms with van der Waals surface area (Å²) in [7, 11) is 3.90. The molecule has 21 heavy (non-hydrogen) atoms. The fourth-order valence-electron chi connectivity index (χ4n) is 3.15. The highest BCUT2D eigenvalue weighted by molar-refractivity contribution is 7.71. The van der Waals surface area contributed by atoms with Crippen molar-refractivity contribution < 1.29 is 4.74 Å². The van der Waals surface area contributed by atoms with Gasteiger partial charge in [-0.3, -0.25) is 0 Å². The molecule has 0 saturated carbocycles. The number of piperidine rings is 1. The molecular weight excluding hydrogens is 282 g/mol. The van der Waals surface area contributed by atoms with Crippen molar-refractivity contribution in [2.45, 2.75) is 25.8 Å². The Hall–Kier alpha value is -1.33. The van der Waals surface area contributed by atoms with Crippen LogP contribution >= 0.6 is 12.2 Å². The third-order valence-corrected chi connectivity index (χ3v) is 4.90. The van der Waals surface area contributed by atoms with Gasteiger partial charge in [0.2, 0.25) is 0 Å². The maximum Gasteiger partial charge on any atom is 0.178 e. The van der Waals surface area contributed by atoms with Crippen molar-refractivity contribution >= 4 is 23.3 Å². The van der Waals surface area contributed by atoms with Crippen LogP contribution in [0, 0.1) is 10.7 Å². The van der Waals surface area contributed by atoms with E-state index >= 15 is 0 Å². The minimum Gasteiger partial charge on any atom is -0.497 e. The molecule has 5 heteroatoms. The number of rotatable bonds is 4. The Morgan fingerprint density at radius 2 is 2.10 bits per heavy atom. The summed E-state index contributed by atoms with van der Waals surface area (Å²) in [5, 5.41) is 0. The molecule has 2 heterocycles. The summed E-state index contributed by atoms with van der Waals surface area (Å²) in [4.78, 5) is 5.70. The Kier molecular flexibility index (Phi) is 4.31. The molecule has 0 unspecified atom stereocenters. The van der Waals surface area contributed by atoms with Crippen LogP contribution in [-0.4, -0.2) is 41.7 Å². The number of aromatic nitrogens is 2. The Bertz CT molecular complexity index is 668. The molecule has 1 N–H and O–H groups in total. The largest absolute Gasteiger partial charge is 0.497 e. The van der Waals surface area contributed by atoms with Gasteiger partial charge in [0, 0.05) is 12.6 Å². The topological polar surface area (TPSA) is 33.2 Å². The summed E-state index contributed by atoms with van der Waals surface area (Å²) in [6.07, 6.45) is 3.82. The number of nitrogens with one attached hydrogen (secondary N) is 1. The fourth-order valence-corrected chi connectivity index (χ4v) is 3.45. The summed E-state index contributed by atoms with van der Waals surface area (Å²) in [6, 6.07) is 6.10. The minimum atomic E-state index is 0.811. The van der Waals surface area contributed by atoms with Gasteiger partial charge in [0.15, 0.2) is 4.77 Å². The van der Waals surface area contributed by atoms with Gasteiger partial charge in [-0.15, -0.1) is 0 Å². The molecule has 0 bridgehead atoms. The summed E-state index contributed by atoms with van der Waals surface area (Å²) in [6.45, 7) is 3.45. The summed E-state index contributed by atoms with van der Waals surface area (Å²) < 4.78 is 8.30. The zero-order chi connectivity index (χ0) is 14.8. The second kappa shape index (κ2) is 6.20. The van der Waals surface area contributed by atoms with Crippen molar-refractivity contribution in [2.24, 2.45) is 5.92 Å².